The third-order valence-corrected chi connectivity index (χ3v) is 4.31. The molecule has 142 valence electrons. The van der Waals surface area contributed by atoms with E-state index in [1.54, 1.807) is 41.2 Å². The number of benzene rings is 2. The van der Waals surface area contributed by atoms with Crippen LogP contribution in [-0.2, 0) is 12.7 Å². The first-order valence-corrected chi connectivity index (χ1v) is 8.30. The number of aromatic amines is 1. The van der Waals surface area contributed by atoms with Crippen molar-refractivity contribution in [2.24, 2.45) is 0 Å². The van der Waals surface area contributed by atoms with E-state index in [2.05, 4.69) is 9.97 Å². The van der Waals surface area contributed by atoms with Crippen molar-refractivity contribution in [3.63, 3.8) is 0 Å². The second-order valence-corrected chi connectivity index (χ2v) is 6.29. The maximum atomic E-state index is 13.9. The Bertz CT molecular complexity index is 1160. The summed E-state index contributed by atoms with van der Waals surface area (Å²) in [6, 6.07) is 10.8. The van der Waals surface area contributed by atoms with Gasteiger partial charge < -0.3 is 4.98 Å². The third kappa shape index (κ3) is 3.45. The molecule has 0 amide bonds. The molecule has 28 heavy (non-hydrogen) atoms. The number of nitrogens with zero attached hydrogens (tertiary/aromatic N) is 2. The Labute approximate surface area is 156 Å². The molecule has 0 spiro atoms. The fourth-order valence-electron chi connectivity index (χ4n) is 2.98. The van der Waals surface area contributed by atoms with Gasteiger partial charge in [-0.05, 0) is 24.3 Å². The number of halogens is 5. The lowest BCUT2D eigenvalue weighted by Crippen LogP contribution is -2.33. The summed E-state index contributed by atoms with van der Waals surface area (Å²) >= 11 is 0. The van der Waals surface area contributed by atoms with Gasteiger partial charge in [-0.3, -0.25) is 0 Å². The highest BCUT2D eigenvalue weighted by Gasteiger charge is 2.34. The minimum atomic E-state index is -4.73. The summed E-state index contributed by atoms with van der Waals surface area (Å²) in [5, 5.41) is 0. The van der Waals surface area contributed by atoms with Crippen LogP contribution in [0.1, 0.15) is 11.1 Å². The molecule has 0 bridgehead atoms. The second-order valence-electron chi connectivity index (χ2n) is 6.29. The number of rotatable bonds is 3. The van der Waals surface area contributed by atoms with E-state index < -0.39 is 23.4 Å². The first-order valence-electron chi connectivity index (χ1n) is 8.30. The topological polar surface area (TPSA) is 32.6 Å². The van der Waals surface area contributed by atoms with Crippen LogP contribution >= 0.6 is 0 Å². The molecule has 2 aromatic carbocycles. The van der Waals surface area contributed by atoms with Crippen molar-refractivity contribution in [1.82, 2.24) is 9.97 Å². The van der Waals surface area contributed by atoms with Gasteiger partial charge >= 0.3 is 6.18 Å². The average molecular weight is 390 g/mol. The van der Waals surface area contributed by atoms with Gasteiger partial charge in [-0.2, -0.15) is 17.7 Å². The fourth-order valence-corrected chi connectivity index (χ4v) is 2.98. The monoisotopic (exact) mass is 390 g/mol. The summed E-state index contributed by atoms with van der Waals surface area (Å²) in [5.74, 6) is -1.35. The summed E-state index contributed by atoms with van der Waals surface area (Å²) in [7, 11) is 0. The van der Waals surface area contributed by atoms with E-state index in [0.29, 0.717) is 28.0 Å². The summed E-state index contributed by atoms with van der Waals surface area (Å²) in [5.41, 5.74) is 0.639. The Hall–Kier alpha value is -3.29. The number of hydrogen-bond donors (Lipinski definition) is 1. The fraction of sp³-hybridized carbons (Fsp3) is 0.100. The number of nitrogens with one attached hydrogen (secondary N) is 1. The Morgan fingerprint density at radius 2 is 1.75 bits per heavy atom. The molecule has 2 aromatic heterocycles. The number of alkyl halides is 3. The molecule has 4 rings (SSSR count). The lowest BCUT2D eigenvalue weighted by molar-refractivity contribution is -0.687. The molecule has 0 aliphatic carbocycles. The molecular weight excluding hydrogens is 377 g/mol. The molecule has 0 radical (unpaired) electrons. The summed E-state index contributed by atoms with van der Waals surface area (Å²) in [6.45, 7) is 0.166. The molecule has 1 N–H and O–H groups in total. The van der Waals surface area contributed by atoms with Crippen LogP contribution in [-0.4, -0.2) is 9.97 Å². The highest BCUT2D eigenvalue weighted by atomic mass is 19.4. The van der Waals surface area contributed by atoms with Crippen LogP contribution in [0.3, 0.4) is 0 Å². The average Bonchev–Trinajstić information content (AvgIpc) is 3.04. The molecule has 3 nitrogen and oxygen atoms in total. The van der Waals surface area contributed by atoms with Gasteiger partial charge in [0.25, 0.3) is 0 Å². The maximum absolute atomic E-state index is 13.9. The number of aromatic nitrogens is 3. The van der Waals surface area contributed by atoms with Crippen LogP contribution in [0.4, 0.5) is 22.0 Å². The van der Waals surface area contributed by atoms with Crippen molar-refractivity contribution in [3.8, 4) is 11.4 Å². The largest absolute Gasteiger partial charge is 0.419 e. The molecule has 0 saturated heterocycles. The van der Waals surface area contributed by atoms with Crippen LogP contribution < -0.4 is 4.57 Å². The summed E-state index contributed by atoms with van der Waals surface area (Å²) in [4.78, 5) is 7.38. The second kappa shape index (κ2) is 6.70. The molecule has 2 heterocycles. The van der Waals surface area contributed by atoms with E-state index in [-0.39, 0.29) is 6.54 Å². The molecule has 0 aliphatic rings. The standard InChI is InChI=1S/C20H12F5N3/c21-15-4-2-1-3-13(15)19-26-17-7-8-28(11-18(17)27-19)10-12-5-6-14(16(22)9-12)20(23,24)25/h1-9,11H,10H2/p+1. The van der Waals surface area contributed by atoms with Gasteiger partial charge in [0.15, 0.2) is 18.9 Å². The Balaban J connectivity index is 1.64. The lowest BCUT2D eigenvalue weighted by Gasteiger charge is -2.08. The highest BCUT2D eigenvalue weighted by Crippen LogP contribution is 2.31. The molecule has 0 unspecified atom stereocenters. The van der Waals surface area contributed by atoms with E-state index in [0.717, 1.165) is 12.1 Å². The molecule has 8 heteroatoms. The minimum Gasteiger partial charge on any atom is -0.333 e. The van der Waals surface area contributed by atoms with E-state index in [4.69, 9.17) is 0 Å². The van der Waals surface area contributed by atoms with Gasteiger partial charge in [-0.15, -0.1) is 0 Å². The van der Waals surface area contributed by atoms with Crippen molar-refractivity contribution < 1.29 is 26.5 Å². The molecule has 0 atom stereocenters. The van der Waals surface area contributed by atoms with Crippen molar-refractivity contribution in [2.45, 2.75) is 12.7 Å². The highest BCUT2D eigenvalue weighted by molar-refractivity contribution is 5.77. The van der Waals surface area contributed by atoms with Gasteiger partial charge in [-0.1, -0.05) is 18.2 Å². The lowest BCUT2D eigenvalue weighted by atomic mass is 10.1. The van der Waals surface area contributed by atoms with E-state index in [1.807, 2.05) is 0 Å². The predicted octanol–water partition coefficient (Wildman–Crippen LogP) is 4.86. The van der Waals surface area contributed by atoms with Gasteiger partial charge in [-0.25, -0.2) is 13.8 Å². The Morgan fingerprint density at radius 1 is 0.964 bits per heavy atom. The number of imidazole rings is 1. The maximum Gasteiger partial charge on any atom is 0.419 e. The Morgan fingerprint density at radius 3 is 2.46 bits per heavy atom. The Kier molecular flexibility index (Phi) is 4.33. The van der Waals surface area contributed by atoms with Gasteiger partial charge in [0.05, 0.1) is 11.1 Å². The van der Waals surface area contributed by atoms with Crippen LogP contribution in [0.25, 0.3) is 22.4 Å². The zero-order valence-corrected chi connectivity index (χ0v) is 14.3. The van der Waals surface area contributed by atoms with Crippen molar-refractivity contribution in [3.05, 3.63) is 83.7 Å². The first kappa shape index (κ1) is 18.1. The van der Waals surface area contributed by atoms with Crippen molar-refractivity contribution in [1.29, 1.82) is 0 Å². The van der Waals surface area contributed by atoms with Gasteiger partial charge in [0.2, 0.25) is 0 Å². The van der Waals surface area contributed by atoms with E-state index in [1.165, 1.54) is 12.1 Å². The zero-order chi connectivity index (χ0) is 19.9. The van der Waals surface area contributed by atoms with Crippen LogP contribution in [0.2, 0.25) is 0 Å². The number of H-pyrrole nitrogens is 1. The normalized spacial score (nSPS) is 11.9. The third-order valence-electron chi connectivity index (χ3n) is 4.31. The molecule has 0 fully saturated rings. The van der Waals surface area contributed by atoms with E-state index in [9.17, 15) is 22.0 Å². The predicted molar refractivity (Wildman–Crippen MR) is 92.2 cm³/mol. The molecule has 0 aliphatic heterocycles. The van der Waals surface area contributed by atoms with Gasteiger partial charge in [0, 0.05) is 11.6 Å². The summed E-state index contributed by atoms with van der Waals surface area (Å²) < 4.78 is 67.4. The zero-order valence-electron chi connectivity index (χ0n) is 14.3. The molecule has 0 saturated carbocycles. The van der Waals surface area contributed by atoms with Crippen molar-refractivity contribution >= 4 is 11.0 Å². The quantitative estimate of drug-likeness (QED) is 0.393. The van der Waals surface area contributed by atoms with Crippen LogP contribution in [0.15, 0.2) is 60.9 Å². The van der Waals surface area contributed by atoms with Crippen LogP contribution in [0, 0.1) is 11.6 Å². The molecule has 4 aromatic rings. The van der Waals surface area contributed by atoms with Crippen molar-refractivity contribution in [2.75, 3.05) is 0 Å². The first-order chi connectivity index (χ1) is 13.3. The van der Waals surface area contributed by atoms with Crippen LogP contribution in [0.5, 0.6) is 0 Å². The number of pyridine rings is 1. The summed E-state index contributed by atoms with van der Waals surface area (Å²) in [6.07, 6.45) is -1.38. The SMILES string of the molecule is Fc1ccccc1-c1nc2cc[n+](Cc3ccc(C(F)(F)F)c(F)c3)cc2[nH]1. The van der Waals surface area contributed by atoms with E-state index >= 15 is 0 Å². The number of fused-ring (bicyclic) bond motifs is 1. The smallest absolute Gasteiger partial charge is 0.333 e. The minimum absolute atomic E-state index is 0.166. The number of hydrogen-bond acceptors (Lipinski definition) is 1. The molecular formula is C20H13F5N3+. The van der Waals surface area contributed by atoms with Gasteiger partial charge in [0.1, 0.15) is 28.5 Å².